The third-order valence-corrected chi connectivity index (χ3v) is 2.47. The first-order valence-electron chi connectivity index (χ1n) is 4.37. The molecule has 1 aromatic heterocycles. The molecule has 1 N–H and O–H groups in total. The molecule has 0 aliphatic carbocycles. The van der Waals surface area contributed by atoms with E-state index in [-0.39, 0.29) is 0 Å². The number of nitrogens with zero attached hydrogens (tertiary/aromatic N) is 3. The summed E-state index contributed by atoms with van der Waals surface area (Å²) in [5.41, 5.74) is 0. The van der Waals surface area contributed by atoms with Gasteiger partial charge in [-0.2, -0.15) is 12.1 Å². The molecule has 1 fully saturated rings. The van der Waals surface area contributed by atoms with E-state index < -0.39 is 0 Å². The van der Waals surface area contributed by atoms with Crippen LogP contribution in [0.15, 0.2) is 12.7 Å². The van der Waals surface area contributed by atoms with E-state index in [1.165, 1.54) is 17.7 Å². The number of nitrogens with one attached hydrogen (secondary N) is 1. The molecule has 0 atom stereocenters. The highest BCUT2D eigenvalue weighted by atomic mass is 15.3. The smallest absolute Gasteiger partial charge is 0.137 e. The van der Waals surface area contributed by atoms with Crippen LogP contribution in [0.4, 0.5) is 0 Å². The van der Waals surface area contributed by atoms with Crippen LogP contribution in [0.5, 0.6) is 0 Å². The van der Waals surface area contributed by atoms with Gasteiger partial charge in [0.25, 0.3) is 0 Å². The van der Waals surface area contributed by atoms with Crippen LogP contribution in [-0.4, -0.2) is 27.9 Å². The van der Waals surface area contributed by atoms with Crippen LogP contribution in [0.3, 0.4) is 0 Å². The molecule has 1 aromatic rings. The highest BCUT2D eigenvalue weighted by Crippen LogP contribution is 2.13. The van der Waals surface area contributed by atoms with Gasteiger partial charge in [0.1, 0.15) is 12.7 Å². The maximum absolute atomic E-state index is 4.14. The van der Waals surface area contributed by atoms with Crippen molar-refractivity contribution in [2.75, 3.05) is 13.1 Å². The number of hydrogen-bond donors (Lipinski definition) is 1. The van der Waals surface area contributed by atoms with E-state index in [0.717, 1.165) is 13.1 Å². The first-order valence-corrected chi connectivity index (χ1v) is 4.37. The summed E-state index contributed by atoms with van der Waals surface area (Å²) in [7, 11) is 3.98. The fourth-order valence-corrected chi connectivity index (χ4v) is 1.68. The molecule has 2 heterocycles. The van der Waals surface area contributed by atoms with Crippen molar-refractivity contribution in [2.24, 2.45) is 0 Å². The number of rotatable bonds is 1. The molecule has 0 saturated carbocycles. The topological polar surface area (TPSA) is 35.2 Å². The van der Waals surface area contributed by atoms with Crippen molar-refractivity contribution in [3.8, 4) is 0 Å². The number of hydrogen-bond acceptors (Lipinski definition) is 2. The maximum atomic E-state index is 4.14. The molecule has 0 spiro atoms. The van der Waals surface area contributed by atoms with Gasteiger partial charge in [0, 0.05) is 12.8 Å². The molecule has 0 radical (unpaired) electrons. The number of quaternary nitrogens is 1. The second kappa shape index (κ2) is 3.23. The molecule has 1 aliphatic heterocycles. The molecule has 66 valence electrons. The van der Waals surface area contributed by atoms with Gasteiger partial charge in [0.05, 0.1) is 19.1 Å². The van der Waals surface area contributed by atoms with E-state index in [9.17, 15) is 0 Å². The quantitative estimate of drug-likeness (QED) is 0.559. The van der Waals surface area contributed by atoms with Crippen molar-refractivity contribution in [1.29, 1.82) is 0 Å². The summed E-state index contributed by atoms with van der Waals surface area (Å²) in [6.07, 6.45) is 5.74. The molecule has 1 saturated heterocycles. The van der Waals surface area contributed by atoms with Crippen LogP contribution in [0.25, 0.3) is 0 Å². The zero-order chi connectivity index (χ0) is 8.39. The van der Waals surface area contributed by atoms with Crippen LogP contribution in [0, 0.1) is 7.05 Å². The second-order valence-electron chi connectivity index (χ2n) is 3.36. The van der Waals surface area contributed by atoms with E-state index in [1.807, 2.05) is 4.68 Å². The third kappa shape index (κ3) is 1.48. The minimum absolute atomic E-state index is 0.554. The number of aromatic nitrogens is 3. The van der Waals surface area contributed by atoms with Crippen LogP contribution >= 0.6 is 0 Å². The highest BCUT2D eigenvalue weighted by Gasteiger charge is 2.18. The summed E-state index contributed by atoms with van der Waals surface area (Å²) in [6.45, 7) is 2.29. The zero-order valence-electron chi connectivity index (χ0n) is 7.11. The number of likely N-dealkylation sites (tertiary alicyclic amines) is 1. The van der Waals surface area contributed by atoms with Gasteiger partial charge in [-0.1, -0.05) is 0 Å². The van der Waals surface area contributed by atoms with Crippen molar-refractivity contribution >= 4 is 0 Å². The Hall–Kier alpha value is -0.900. The first-order chi connectivity index (χ1) is 5.86. The summed E-state index contributed by atoms with van der Waals surface area (Å²) in [4.78, 5) is 5.33. The molecule has 0 aromatic carbocycles. The van der Waals surface area contributed by atoms with E-state index in [4.69, 9.17) is 0 Å². The van der Waals surface area contributed by atoms with Gasteiger partial charge in [0.2, 0.25) is 0 Å². The van der Waals surface area contributed by atoms with Gasteiger partial charge >= 0.3 is 0 Å². The normalized spacial score (nSPS) is 30.4. The Morgan fingerprint density at radius 1 is 1.42 bits per heavy atom. The van der Waals surface area contributed by atoms with Crippen molar-refractivity contribution in [3.63, 3.8) is 0 Å². The molecule has 0 unspecified atom stereocenters. The molecule has 0 bridgehead atoms. The summed E-state index contributed by atoms with van der Waals surface area (Å²) >= 11 is 0. The van der Waals surface area contributed by atoms with Crippen molar-refractivity contribution in [1.82, 2.24) is 14.8 Å². The standard InChI is InChI=1S/C8H14N4/c1-11-4-2-8(3-5-11)12-7-9-6-10-12/h6-8,11H,1-5H2. The fraction of sp³-hybridized carbons (Fsp3) is 0.625. The lowest BCUT2D eigenvalue weighted by Gasteiger charge is -2.30. The van der Waals surface area contributed by atoms with Crippen molar-refractivity contribution < 1.29 is 4.90 Å². The maximum Gasteiger partial charge on any atom is 0.137 e. The van der Waals surface area contributed by atoms with Crippen LogP contribution in [-0.2, 0) is 0 Å². The second-order valence-corrected chi connectivity index (χ2v) is 3.36. The van der Waals surface area contributed by atoms with Crippen LogP contribution < -0.4 is 4.90 Å². The first kappa shape index (κ1) is 7.73. The van der Waals surface area contributed by atoms with Gasteiger partial charge in [0.15, 0.2) is 0 Å². The fourth-order valence-electron chi connectivity index (χ4n) is 1.68. The van der Waals surface area contributed by atoms with E-state index in [1.54, 1.807) is 12.7 Å². The Kier molecular flexibility index (Phi) is 2.08. The largest absolute Gasteiger partial charge is 0.468 e. The van der Waals surface area contributed by atoms with Gasteiger partial charge in [-0.15, -0.1) is 0 Å². The molecule has 4 heteroatoms. The molecule has 2 rings (SSSR count). The summed E-state index contributed by atoms with van der Waals surface area (Å²) in [6, 6.07) is 0.554. The summed E-state index contributed by atoms with van der Waals surface area (Å²) in [5, 5.41) is 4.14. The average Bonchev–Trinajstić information content (AvgIpc) is 2.58. The molecule has 1 aliphatic rings. The summed E-state index contributed by atoms with van der Waals surface area (Å²) in [5.74, 6) is 0. The molecular formula is C8H14N4. The minimum Gasteiger partial charge on any atom is -0.468 e. The Labute approximate surface area is 72.2 Å². The Morgan fingerprint density at radius 2 is 2.17 bits per heavy atom. The summed E-state index contributed by atoms with van der Waals surface area (Å²) < 4.78 is 1.96. The lowest BCUT2D eigenvalue weighted by molar-refractivity contribution is -0.860. The van der Waals surface area contributed by atoms with E-state index in [0.29, 0.717) is 6.04 Å². The van der Waals surface area contributed by atoms with Crippen molar-refractivity contribution in [3.05, 3.63) is 19.7 Å². The molecular weight excluding hydrogens is 152 g/mol. The predicted molar refractivity (Wildman–Crippen MR) is 44.3 cm³/mol. The van der Waals surface area contributed by atoms with Gasteiger partial charge in [-0.25, -0.2) is 9.67 Å². The highest BCUT2D eigenvalue weighted by molar-refractivity contribution is 4.70. The Bertz CT molecular complexity index is 223. The van der Waals surface area contributed by atoms with Gasteiger partial charge in [-0.05, 0) is 0 Å². The zero-order valence-corrected chi connectivity index (χ0v) is 7.11. The molecule has 0 amide bonds. The van der Waals surface area contributed by atoms with Crippen molar-refractivity contribution in [2.45, 2.75) is 18.9 Å². The monoisotopic (exact) mass is 166 g/mol. The Morgan fingerprint density at radius 3 is 2.75 bits per heavy atom. The minimum atomic E-state index is 0.554. The average molecular weight is 166 g/mol. The third-order valence-electron chi connectivity index (χ3n) is 2.47. The lowest BCUT2D eigenvalue weighted by atomic mass is 10.1. The van der Waals surface area contributed by atoms with E-state index >= 15 is 0 Å². The van der Waals surface area contributed by atoms with Gasteiger partial charge in [-0.3, -0.25) is 0 Å². The lowest BCUT2D eigenvalue weighted by Crippen LogP contribution is -3.08. The Balaban J connectivity index is 1.99. The van der Waals surface area contributed by atoms with Gasteiger partial charge < -0.3 is 4.90 Å². The molecule has 4 nitrogen and oxygen atoms in total. The molecule has 12 heavy (non-hydrogen) atoms. The van der Waals surface area contributed by atoms with Crippen LogP contribution in [0.2, 0.25) is 0 Å². The van der Waals surface area contributed by atoms with E-state index in [2.05, 4.69) is 17.1 Å². The number of piperidine rings is 1. The van der Waals surface area contributed by atoms with Crippen LogP contribution in [0.1, 0.15) is 18.9 Å². The predicted octanol–water partition coefficient (Wildman–Crippen LogP) is -0.711. The SMILES string of the molecule is [CH2-][NH+]1CCC(n2cncn2)CC1.